The molecular formula is C10H14O2. The van der Waals surface area contributed by atoms with Gasteiger partial charge in [0.25, 0.3) is 0 Å². The lowest BCUT2D eigenvalue weighted by molar-refractivity contribution is -0.0424. The number of hydrogen-bond acceptors (Lipinski definition) is 2. The maximum atomic E-state index is 8.81. The first kappa shape index (κ1) is 9.23. The van der Waals surface area contributed by atoms with Gasteiger partial charge < -0.3 is 10.2 Å². The van der Waals surface area contributed by atoms with Gasteiger partial charge in [0.05, 0.1) is 0 Å². The zero-order valence-corrected chi connectivity index (χ0v) is 7.36. The van der Waals surface area contributed by atoms with Crippen molar-refractivity contribution in [1.29, 1.82) is 0 Å². The fourth-order valence-electron chi connectivity index (χ4n) is 1.05. The van der Waals surface area contributed by atoms with Gasteiger partial charge in [-0.25, -0.2) is 0 Å². The van der Waals surface area contributed by atoms with E-state index in [1.165, 1.54) is 5.56 Å². The van der Waals surface area contributed by atoms with Gasteiger partial charge in [-0.1, -0.05) is 38.1 Å². The summed E-state index contributed by atoms with van der Waals surface area (Å²) in [5.41, 5.74) is 1.75. The second kappa shape index (κ2) is 3.70. The van der Waals surface area contributed by atoms with E-state index in [4.69, 9.17) is 10.2 Å². The Morgan fingerprint density at radius 1 is 0.917 bits per heavy atom. The number of rotatable bonds is 2. The maximum absolute atomic E-state index is 8.81. The van der Waals surface area contributed by atoms with Crippen LogP contribution in [0, 0.1) is 0 Å². The number of aliphatic hydroxyl groups excluding tert-OH is 1. The molecule has 12 heavy (non-hydrogen) atoms. The lowest BCUT2D eigenvalue weighted by Gasteiger charge is -2.07. The zero-order chi connectivity index (χ0) is 9.14. The van der Waals surface area contributed by atoms with Crippen LogP contribution >= 0.6 is 0 Å². The molecule has 2 N–H and O–H groups in total. The minimum absolute atomic E-state index is 0.481. The number of hydrogen-bond donors (Lipinski definition) is 2. The van der Waals surface area contributed by atoms with Crippen LogP contribution in [0.25, 0.3) is 0 Å². The van der Waals surface area contributed by atoms with Crippen molar-refractivity contribution in [2.24, 2.45) is 0 Å². The molecule has 2 nitrogen and oxygen atoms in total. The van der Waals surface area contributed by atoms with Gasteiger partial charge in [-0.3, -0.25) is 0 Å². The van der Waals surface area contributed by atoms with Crippen LogP contribution in [-0.2, 0) is 0 Å². The van der Waals surface area contributed by atoms with Crippen molar-refractivity contribution in [2.45, 2.75) is 26.1 Å². The summed E-state index contributed by atoms with van der Waals surface area (Å²) >= 11 is 0. The Balaban J connectivity index is 2.86. The second-order valence-corrected chi connectivity index (χ2v) is 3.20. The van der Waals surface area contributed by atoms with Gasteiger partial charge in [0.15, 0.2) is 6.29 Å². The molecule has 2 heteroatoms. The van der Waals surface area contributed by atoms with E-state index in [0.717, 1.165) is 0 Å². The Hall–Kier alpha value is -0.860. The minimum atomic E-state index is -1.36. The van der Waals surface area contributed by atoms with Gasteiger partial charge in [-0.05, 0) is 11.5 Å². The van der Waals surface area contributed by atoms with Crippen LogP contribution < -0.4 is 0 Å². The van der Waals surface area contributed by atoms with E-state index in [9.17, 15) is 0 Å². The monoisotopic (exact) mass is 166 g/mol. The number of aliphatic hydroxyl groups is 2. The fraction of sp³-hybridized carbons (Fsp3) is 0.400. The van der Waals surface area contributed by atoms with E-state index in [1.807, 2.05) is 12.1 Å². The summed E-state index contributed by atoms with van der Waals surface area (Å²) in [6.07, 6.45) is -1.36. The lowest BCUT2D eigenvalue weighted by Crippen LogP contribution is -1.95. The van der Waals surface area contributed by atoms with E-state index in [2.05, 4.69) is 13.8 Å². The first-order valence-corrected chi connectivity index (χ1v) is 4.07. The third kappa shape index (κ3) is 2.06. The fourth-order valence-corrected chi connectivity index (χ4v) is 1.05. The third-order valence-electron chi connectivity index (χ3n) is 1.90. The molecule has 0 saturated carbocycles. The smallest absolute Gasteiger partial charge is 0.178 e. The lowest BCUT2D eigenvalue weighted by atomic mass is 10.0. The standard InChI is InChI=1S/C10H14O2/c1-7(2)8-3-5-9(6-4-8)10(11)12/h3-7,10-12H,1-2H3. The zero-order valence-electron chi connectivity index (χ0n) is 7.36. The van der Waals surface area contributed by atoms with Crippen molar-refractivity contribution < 1.29 is 10.2 Å². The Morgan fingerprint density at radius 2 is 1.33 bits per heavy atom. The van der Waals surface area contributed by atoms with E-state index >= 15 is 0 Å². The first-order chi connectivity index (χ1) is 5.61. The Labute approximate surface area is 72.5 Å². The van der Waals surface area contributed by atoms with Gasteiger partial charge in [0, 0.05) is 5.56 Å². The highest BCUT2D eigenvalue weighted by Gasteiger charge is 2.02. The quantitative estimate of drug-likeness (QED) is 0.657. The van der Waals surface area contributed by atoms with E-state index in [0.29, 0.717) is 11.5 Å². The summed E-state index contributed by atoms with van der Waals surface area (Å²) in [5.74, 6) is 0.481. The van der Waals surface area contributed by atoms with Crippen molar-refractivity contribution in [1.82, 2.24) is 0 Å². The molecule has 0 spiro atoms. The summed E-state index contributed by atoms with van der Waals surface area (Å²) in [7, 11) is 0. The van der Waals surface area contributed by atoms with Crippen LogP contribution in [0.1, 0.15) is 37.2 Å². The molecule has 0 atom stereocenters. The second-order valence-electron chi connectivity index (χ2n) is 3.20. The highest BCUT2D eigenvalue weighted by molar-refractivity contribution is 5.25. The van der Waals surface area contributed by atoms with Crippen molar-refractivity contribution in [2.75, 3.05) is 0 Å². The van der Waals surface area contributed by atoms with Crippen molar-refractivity contribution in [3.63, 3.8) is 0 Å². The van der Waals surface area contributed by atoms with Crippen LogP contribution in [-0.4, -0.2) is 10.2 Å². The molecule has 0 amide bonds. The molecule has 0 saturated heterocycles. The molecule has 0 aliphatic rings. The Bertz CT molecular complexity index is 210. The predicted molar refractivity (Wildman–Crippen MR) is 47.7 cm³/mol. The van der Waals surface area contributed by atoms with Gasteiger partial charge in [-0.15, -0.1) is 0 Å². The van der Waals surface area contributed by atoms with Crippen LogP contribution in [0.2, 0.25) is 0 Å². The molecule has 0 unspecified atom stereocenters. The predicted octanol–water partition coefficient (Wildman–Crippen LogP) is 1.79. The summed E-state index contributed by atoms with van der Waals surface area (Å²) in [5, 5.41) is 17.6. The van der Waals surface area contributed by atoms with Gasteiger partial charge in [0.1, 0.15) is 0 Å². The highest BCUT2D eigenvalue weighted by atomic mass is 16.5. The normalized spacial score (nSPS) is 11.2. The topological polar surface area (TPSA) is 40.5 Å². The van der Waals surface area contributed by atoms with Crippen molar-refractivity contribution in [3.05, 3.63) is 35.4 Å². The molecule has 0 heterocycles. The summed E-state index contributed by atoms with van der Waals surface area (Å²) in [4.78, 5) is 0. The maximum Gasteiger partial charge on any atom is 0.178 e. The molecule has 1 aromatic rings. The molecule has 0 radical (unpaired) electrons. The molecule has 1 rings (SSSR count). The number of benzene rings is 1. The van der Waals surface area contributed by atoms with Crippen LogP contribution in [0.15, 0.2) is 24.3 Å². The van der Waals surface area contributed by atoms with Crippen LogP contribution in [0.5, 0.6) is 0 Å². The van der Waals surface area contributed by atoms with Crippen LogP contribution in [0.3, 0.4) is 0 Å². The molecule has 0 aliphatic carbocycles. The molecule has 66 valence electrons. The van der Waals surface area contributed by atoms with E-state index in [-0.39, 0.29) is 0 Å². The first-order valence-electron chi connectivity index (χ1n) is 4.07. The van der Waals surface area contributed by atoms with Crippen molar-refractivity contribution in [3.8, 4) is 0 Å². The SMILES string of the molecule is CC(C)c1ccc(C(O)O)cc1. The summed E-state index contributed by atoms with van der Waals surface area (Å²) < 4.78 is 0. The highest BCUT2D eigenvalue weighted by Crippen LogP contribution is 2.17. The average molecular weight is 166 g/mol. The minimum Gasteiger partial charge on any atom is -0.364 e. The van der Waals surface area contributed by atoms with E-state index < -0.39 is 6.29 Å². The van der Waals surface area contributed by atoms with Crippen molar-refractivity contribution >= 4 is 0 Å². The molecule has 0 aromatic heterocycles. The molecule has 1 aromatic carbocycles. The molecule has 0 bridgehead atoms. The average Bonchev–Trinajstić information content (AvgIpc) is 2.04. The largest absolute Gasteiger partial charge is 0.364 e. The summed E-state index contributed by atoms with van der Waals surface area (Å²) in [6.45, 7) is 4.20. The molecule has 0 aliphatic heterocycles. The molecule has 0 fully saturated rings. The van der Waals surface area contributed by atoms with Gasteiger partial charge >= 0.3 is 0 Å². The van der Waals surface area contributed by atoms with E-state index in [1.54, 1.807) is 12.1 Å². The van der Waals surface area contributed by atoms with Gasteiger partial charge in [-0.2, -0.15) is 0 Å². The molecular weight excluding hydrogens is 152 g/mol. The van der Waals surface area contributed by atoms with Gasteiger partial charge in [0.2, 0.25) is 0 Å². The Kier molecular flexibility index (Phi) is 2.84. The summed E-state index contributed by atoms with van der Waals surface area (Å²) in [6, 6.07) is 7.30. The third-order valence-corrected chi connectivity index (χ3v) is 1.90. The van der Waals surface area contributed by atoms with Crippen LogP contribution in [0.4, 0.5) is 0 Å². The Morgan fingerprint density at radius 3 is 1.67 bits per heavy atom.